The van der Waals surface area contributed by atoms with Crippen molar-refractivity contribution in [1.82, 2.24) is 0 Å². The van der Waals surface area contributed by atoms with Gasteiger partial charge in [-0.2, -0.15) is 0 Å². The first kappa shape index (κ1) is 26.9. The Balaban J connectivity index is 2.14. The van der Waals surface area contributed by atoms with Crippen molar-refractivity contribution in [2.45, 2.75) is 65.5 Å². The lowest BCUT2D eigenvalue weighted by Crippen LogP contribution is -2.37. The molecule has 33 heavy (non-hydrogen) atoms. The monoisotopic (exact) mass is 465 g/mol. The van der Waals surface area contributed by atoms with Crippen molar-refractivity contribution in [3.05, 3.63) is 33.9 Å². The van der Waals surface area contributed by atoms with Crippen molar-refractivity contribution in [1.29, 1.82) is 0 Å². The van der Waals surface area contributed by atoms with Gasteiger partial charge in [0.1, 0.15) is 0 Å². The Labute approximate surface area is 197 Å². The summed E-state index contributed by atoms with van der Waals surface area (Å²) in [5.41, 5.74) is 1.03. The van der Waals surface area contributed by atoms with Crippen molar-refractivity contribution in [2.75, 3.05) is 27.4 Å². The van der Waals surface area contributed by atoms with Crippen LogP contribution in [0.15, 0.2) is 18.2 Å². The number of rotatable bonds is 14. The number of nitro groups is 1. The van der Waals surface area contributed by atoms with Gasteiger partial charge in [0.2, 0.25) is 6.04 Å². The summed E-state index contributed by atoms with van der Waals surface area (Å²) in [5.74, 6) is 1.10. The van der Waals surface area contributed by atoms with Crippen LogP contribution in [0.4, 0.5) is 0 Å². The zero-order valence-electron chi connectivity index (χ0n) is 20.7. The van der Waals surface area contributed by atoms with Crippen molar-refractivity contribution >= 4 is 5.97 Å². The van der Waals surface area contributed by atoms with Crippen LogP contribution < -0.4 is 9.47 Å². The first-order valence-corrected chi connectivity index (χ1v) is 11.8. The predicted molar refractivity (Wildman–Crippen MR) is 125 cm³/mol. The fourth-order valence-electron chi connectivity index (χ4n) is 4.34. The Bertz CT molecular complexity index is 780. The number of hydrogen-bond acceptors (Lipinski definition) is 7. The molecule has 186 valence electrons. The topological polar surface area (TPSA) is 97.1 Å². The largest absolute Gasteiger partial charge is 0.493 e. The van der Waals surface area contributed by atoms with Gasteiger partial charge in [-0.15, -0.1) is 0 Å². The third kappa shape index (κ3) is 7.59. The van der Waals surface area contributed by atoms with E-state index in [2.05, 4.69) is 13.8 Å². The van der Waals surface area contributed by atoms with Gasteiger partial charge in [0.05, 0.1) is 19.6 Å². The van der Waals surface area contributed by atoms with Gasteiger partial charge in [0.25, 0.3) is 0 Å². The van der Waals surface area contributed by atoms with E-state index in [1.54, 1.807) is 14.2 Å². The maximum atomic E-state index is 12.2. The maximum Gasteiger partial charge on any atom is 0.309 e. The smallest absolute Gasteiger partial charge is 0.309 e. The van der Waals surface area contributed by atoms with Gasteiger partial charge in [-0.3, -0.25) is 14.9 Å². The molecule has 4 atom stereocenters. The minimum absolute atomic E-state index is 0.0481. The van der Waals surface area contributed by atoms with Crippen molar-refractivity contribution in [3.8, 4) is 11.5 Å². The molecule has 0 spiro atoms. The first-order chi connectivity index (χ1) is 15.7. The van der Waals surface area contributed by atoms with E-state index < -0.39 is 12.1 Å². The van der Waals surface area contributed by atoms with Crippen molar-refractivity contribution < 1.29 is 28.7 Å². The van der Waals surface area contributed by atoms with Crippen LogP contribution in [0.5, 0.6) is 11.5 Å². The lowest BCUT2D eigenvalue weighted by atomic mass is 9.81. The highest BCUT2D eigenvalue weighted by molar-refractivity contribution is 5.75. The lowest BCUT2D eigenvalue weighted by molar-refractivity contribution is -0.535. The molecular weight excluding hydrogens is 426 g/mol. The second kappa shape index (κ2) is 12.8. The number of cyclic esters (lactones) is 1. The second-order valence-corrected chi connectivity index (χ2v) is 9.54. The summed E-state index contributed by atoms with van der Waals surface area (Å²) in [5, 5.41) is 12.0. The summed E-state index contributed by atoms with van der Waals surface area (Å²) in [6, 6.07) is 4.89. The van der Waals surface area contributed by atoms with Crippen molar-refractivity contribution in [3.63, 3.8) is 0 Å². The van der Waals surface area contributed by atoms with Crippen LogP contribution in [0.25, 0.3) is 0 Å². The van der Waals surface area contributed by atoms with Crippen LogP contribution in [0, 0.1) is 33.8 Å². The van der Waals surface area contributed by atoms with E-state index >= 15 is 0 Å². The highest BCUT2D eigenvalue weighted by Gasteiger charge is 2.46. The van der Waals surface area contributed by atoms with Crippen LogP contribution in [0.2, 0.25) is 0 Å². The first-order valence-electron chi connectivity index (χ1n) is 11.8. The van der Waals surface area contributed by atoms with Gasteiger partial charge in [0.15, 0.2) is 17.6 Å². The van der Waals surface area contributed by atoms with Crippen molar-refractivity contribution in [2.24, 2.45) is 23.7 Å². The number of carbonyl (C=O) groups is 1. The van der Waals surface area contributed by atoms with Crippen LogP contribution >= 0.6 is 0 Å². The average Bonchev–Trinajstić information content (AvgIpc) is 3.15. The maximum absolute atomic E-state index is 12.2. The number of nitrogens with zero attached hydrogens (tertiary/aromatic N) is 1. The van der Waals surface area contributed by atoms with E-state index in [1.165, 1.54) is 0 Å². The Morgan fingerprint density at radius 2 is 1.88 bits per heavy atom. The third-order valence-electron chi connectivity index (χ3n) is 6.52. The molecule has 0 unspecified atom stereocenters. The molecule has 0 amide bonds. The number of benzene rings is 1. The van der Waals surface area contributed by atoms with Gasteiger partial charge < -0.3 is 18.9 Å². The predicted octanol–water partition coefficient (Wildman–Crippen LogP) is 4.55. The molecule has 2 rings (SSSR count). The zero-order valence-corrected chi connectivity index (χ0v) is 20.7. The summed E-state index contributed by atoms with van der Waals surface area (Å²) in [6.07, 6.45) is 1.52. The van der Waals surface area contributed by atoms with Crippen LogP contribution in [-0.4, -0.2) is 50.5 Å². The van der Waals surface area contributed by atoms with Gasteiger partial charge in [-0.1, -0.05) is 33.8 Å². The summed E-state index contributed by atoms with van der Waals surface area (Å²) < 4.78 is 21.8. The molecule has 1 aliphatic heterocycles. The molecule has 1 fully saturated rings. The minimum atomic E-state index is -0.909. The number of ether oxygens (including phenoxy) is 4. The highest BCUT2D eigenvalue weighted by atomic mass is 16.6. The van der Waals surface area contributed by atoms with E-state index in [-0.39, 0.29) is 34.6 Å². The van der Waals surface area contributed by atoms with Gasteiger partial charge >= 0.3 is 5.97 Å². The molecule has 1 heterocycles. The van der Waals surface area contributed by atoms with E-state index in [4.69, 9.17) is 18.9 Å². The van der Waals surface area contributed by atoms with Crippen LogP contribution in [0.1, 0.15) is 52.5 Å². The molecule has 0 aliphatic carbocycles. The molecule has 0 radical (unpaired) electrons. The Hall–Kier alpha value is -2.35. The highest BCUT2D eigenvalue weighted by Crippen LogP contribution is 2.35. The number of methoxy groups -OCH3 is 2. The lowest BCUT2D eigenvalue weighted by Gasteiger charge is -2.25. The minimum Gasteiger partial charge on any atom is -0.493 e. The molecule has 1 aliphatic rings. The molecular formula is C25H39NO7. The number of esters is 1. The average molecular weight is 466 g/mol. The molecule has 1 aromatic carbocycles. The third-order valence-corrected chi connectivity index (χ3v) is 6.52. The SMILES string of the molecule is COCCCOc1cc(C[C@@H](C[C@@H]([C@@H]2C[C@@H](C(C)C)C(=O)O2)[N+](=O)[O-])C(C)C)ccc1OC. The van der Waals surface area contributed by atoms with Gasteiger partial charge in [-0.05, 0) is 41.9 Å². The zero-order chi connectivity index (χ0) is 24.5. The second-order valence-electron chi connectivity index (χ2n) is 9.54. The fourth-order valence-corrected chi connectivity index (χ4v) is 4.34. The molecule has 0 saturated carbocycles. The Morgan fingerprint density at radius 3 is 2.42 bits per heavy atom. The molecule has 0 aromatic heterocycles. The number of carbonyl (C=O) groups excluding carboxylic acids is 1. The molecule has 8 nitrogen and oxygen atoms in total. The Morgan fingerprint density at radius 1 is 1.15 bits per heavy atom. The van der Waals surface area contributed by atoms with Crippen LogP contribution in [-0.2, 0) is 20.7 Å². The Kier molecular flexibility index (Phi) is 10.4. The molecule has 0 N–H and O–H groups in total. The molecule has 1 aromatic rings. The quantitative estimate of drug-likeness (QED) is 0.172. The van der Waals surface area contributed by atoms with E-state index in [1.807, 2.05) is 32.0 Å². The summed E-state index contributed by atoms with van der Waals surface area (Å²) in [6.45, 7) is 9.17. The summed E-state index contributed by atoms with van der Waals surface area (Å²) in [4.78, 5) is 23.9. The standard InChI is InChI=1S/C25H39NO7/c1-16(2)19(14-21(26(28)29)23-15-20(17(3)4)25(27)33-23)12-18-8-9-22(31-6)24(13-18)32-11-7-10-30-5/h8-9,13,16-17,19-21,23H,7,10-12,14-15H2,1-6H3/t19-,20-,21-,23-/m0/s1. The molecule has 8 heteroatoms. The van der Waals surface area contributed by atoms with E-state index in [0.29, 0.717) is 44.0 Å². The molecule has 0 bridgehead atoms. The van der Waals surface area contributed by atoms with E-state index in [9.17, 15) is 14.9 Å². The number of hydrogen-bond donors (Lipinski definition) is 0. The van der Waals surface area contributed by atoms with Gasteiger partial charge in [-0.25, -0.2) is 0 Å². The summed E-state index contributed by atoms with van der Waals surface area (Å²) in [7, 11) is 3.25. The van der Waals surface area contributed by atoms with Gasteiger partial charge in [0, 0.05) is 37.9 Å². The summed E-state index contributed by atoms with van der Waals surface area (Å²) >= 11 is 0. The van der Waals surface area contributed by atoms with E-state index in [0.717, 1.165) is 12.0 Å². The molecule has 1 saturated heterocycles. The fraction of sp³-hybridized carbons (Fsp3) is 0.720. The normalized spacial score (nSPS) is 20.1. The van der Waals surface area contributed by atoms with Crippen LogP contribution in [0.3, 0.4) is 0 Å².